The first-order valence-corrected chi connectivity index (χ1v) is 5.95. The Morgan fingerprint density at radius 3 is 3.00 bits per heavy atom. The maximum Gasteiger partial charge on any atom is 0.0644 e. The zero-order valence-electron chi connectivity index (χ0n) is 7.94. The summed E-state index contributed by atoms with van der Waals surface area (Å²) in [5, 5.41) is 9.26. The van der Waals surface area contributed by atoms with Crippen LogP contribution in [0.1, 0.15) is 51.9 Å². The molecule has 70 valence electrons. The van der Waals surface area contributed by atoms with Gasteiger partial charge in [0.1, 0.15) is 0 Å². The summed E-state index contributed by atoms with van der Waals surface area (Å²) in [6.45, 7) is 2.25. The molecule has 1 aliphatic heterocycles. The van der Waals surface area contributed by atoms with Crippen LogP contribution in [0.2, 0.25) is 0 Å². The average Bonchev–Trinajstić information content (AvgIpc) is 2.05. The van der Waals surface area contributed by atoms with E-state index in [2.05, 4.69) is 6.92 Å². The zero-order valence-corrected chi connectivity index (χ0v) is 8.75. The van der Waals surface area contributed by atoms with Gasteiger partial charge in [0, 0.05) is 5.25 Å². The van der Waals surface area contributed by atoms with Crippen molar-refractivity contribution < 1.29 is 0 Å². The van der Waals surface area contributed by atoms with Crippen molar-refractivity contribution >= 4 is 16.8 Å². The van der Waals surface area contributed by atoms with Crippen LogP contribution in [-0.4, -0.2) is 10.3 Å². The highest BCUT2D eigenvalue weighted by Crippen LogP contribution is 2.30. The fourth-order valence-corrected chi connectivity index (χ4v) is 2.87. The van der Waals surface area contributed by atoms with E-state index in [-0.39, 0.29) is 0 Å². The lowest BCUT2D eigenvalue weighted by Gasteiger charge is -2.21. The summed E-state index contributed by atoms with van der Waals surface area (Å²) >= 11 is 1.82. The van der Waals surface area contributed by atoms with Gasteiger partial charge in [-0.15, -0.1) is 11.8 Å². The third kappa shape index (κ3) is 3.61. The van der Waals surface area contributed by atoms with E-state index in [1.165, 1.54) is 38.5 Å². The average molecular weight is 185 g/mol. The lowest BCUT2D eigenvalue weighted by Crippen LogP contribution is -2.12. The van der Waals surface area contributed by atoms with Crippen LogP contribution in [0.25, 0.3) is 0 Å². The number of nitrogens with one attached hydrogen (secondary N) is 1. The minimum absolute atomic E-state index is 0.776. The minimum Gasteiger partial charge on any atom is -0.298 e. The van der Waals surface area contributed by atoms with Gasteiger partial charge >= 0.3 is 0 Å². The molecule has 1 aliphatic rings. The van der Waals surface area contributed by atoms with Crippen molar-refractivity contribution in [3.05, 3.63) is 0 Å². The van der Waals surface area contributed by atoms with Gasteiger partial charge in [-0.05, 0) is 25.7 Å². The molecular formula is C10H19NS. The molecular weight excluding hydrogens is 166 g/mol. The molecule has 0 amide bonds. The molecule has 0 bridgehead atoms. The molecule has 0 aliphatic carbocycles. The van der Waals surface area contributed by atoms with Crippen LogP contribution < -0.4 is 0 Å². The van der Waals surface area contributed by atoms with Crippen molar-refractivity contribution in [1.29, 1.82) is 5.41 Å². The van der Waals surface area contributed by atoms with E-state index >= 15 is 0 Å². The molecule has 1 fully saturated rings. The third-order valence-corrected chi connectivity index (χ3v) is 3.66. The van der Waals surface area contributed by atoms with Crippen LogP contribution >= 0.6 is 11.8 Å². The van der Waals surface area contributed by atoms with Crippen LogP contribution in [0.4, 0.5) is 0 Å². The Bertz CT molecular complexity index is 145. The van der Waals surface area contributed by atoms with Crippen molar-refractivity contribution in [2.45, 2.75) is 57.1 Å². The highest BCUT2D eigenvalue weighted by atomic mass is 32.2. The minimum atomic E-state index is 0.776. The number of unbranched alkanes of at least 4 members (excludes halogenated alkanes) is 2. The first kappa shape index (κ1) is 10.1. The van der Waals surface area contributed by atoms with E-state index in [1.54, 1.807) is 0 Å². The van der Waals surface area contributed by atoms with E-state index in [0.717, 1.165) is 16.7 Å². The van der Waals surface area contributed by atoms with Gasteiger partial charge < -0.3 is 0 Å². The normalized spacial score (nSPS) is 24.4. The molecule has 1 unspecified atom stereocenters. The maximum absolute atomic E-state index is 7.56. The Labute approximate surface area is 79.8 Å². The Morgan fingerprint density at radius 2 is 2.33 bits per heavy atom. The van der Waals surface area contributed by atoms with Gasteiger partial charge in [0.05, 0.1) is 5.04 Å². The molecule has 0 aromatic heterocycles. The first-order valence-electron chi connectivity index (χ1n) is 5.07. The monoisotopic (exact) mass is 185 g/mol. The van der Waals surface area contributed by atoms with Gasteiger partial charge in [-0.25, -0.2) is 0 Å². The van der Waals surface area contributed by atoms with Crippen molar-refractivity contribution in [2.24, 2.45) is 0 Å². The second-order valence-corrected chi connectivity index (χ2v) is 4.95. The highest BCUT2D eigenvalue weighted by Gasteiger charge is 2.16. The summed E-state index contributed by atoms with van der Waals surface area (Å²) in [7, 11) is 0. The molecule has 1 nitrogen and oxygen atoms in total. The summed E-state index contributed by atoms with van der Waals surface area (Å²) in [5.74, 6) is 0. The van der Waals surface area contributed by atoms with E-state index in [9.17, 15) is 0 Å². The van der Waals surface area contributed by atoms with Gasteiger partial charge in [-0.2, -0.15) is 0 Å². The first-order chi connectivity index (χ1) is 5.83. The molecule has 0 aromatic rings. The molecule has 0 spiro atoms. The molecule has 0 radical (unpaired) electrons. The third-order valence-electron chi connectivity index (χ3n) is 2.37. The molecule has 0 saturated carbocycles. The maximum atomic E-state index is 7.56. The fourth-order valence-electron chi connectivity index (χ4n) is 1.63. The zero-order chi connectivity index (χ0) is 8.81. The van der Waals surface area contributed by atoms with E-state index in [4.69, 9.17) is 5.41 Å². The molecule has 1 heterocycles. The van der Waals surface area contributed by atoms with Crippen molar-refractivity contribution in [2.75, 3.05) is 0 Å². The van der Waals surface area contributed by atoms with Crippen LogP contribution in [0, 0.1) is 5.41 Å². The molecule has 1 N–H and O–H groups in total. The predicted molar refractivity (Wildman–Crippen MR) is 57.1 cm³/mol. The second-order valence-electron chi connectivity index (χ2n) is 3.55. The van der Waals surface area contributed by atoms with Crippen molar-refractivity contribution in [1.82, 2.24) is 0 Å². The Morgan fingerprint density at radius 1 is 1.50 bits per heavy atom. The Balaban J connectivity index is 2.10. The topological polar surface area (TPSA) is 23.9 Å². The summed E-state index contributed by atoms with van der Waals surface area (Å²) in [5.41, 5.74) is 0. The van der Waals surface area contributed by atoms with Crippen LogP contribution in [-0.2, 0) is 0 Å². The largest absolute Gasteiger partial charge is 0.298 e. The number of rotatable bonds is 4. The van der Waals surface area contributed by atoms with E-state index in [1.807, 2.05) is 11.8 Å². The van der Waals surface area contributed by atoms with Crippen molar-refractivity contribution in [3.8, 4) is 0 Å². The fraction of sp³-hybridized carbons (Fsp3) is 0.900. The SMILES string of the molecule is CCCCCC1CCCC(=N)S1. The predicted octanol–water partition coefficient (Wildman–Crippen LogP) is 3.83. The van der Waals surface area contributed by atoms with Crippen LogP contribution in [0.3, 0.4) is 0 Å². The molecule has 2 heteroatoms. The summed E-state index contributed by atoms with van der Waals surface area (Å²) in [6, 6.07) is 0. The number of thioether (sulfide) groups is 1. The van der Waals surface area contributed by atoms with Gasteiger partial charge in [0.2, 0.25) is 0 Å². The smallest absolute Gasteiger partial charge is 0.0644 e. The number of hydrogen-bond acceptors (Lipinski definition) is 2. The summed E-state index contributed by atoms with van der Waals surface area (Å²) in [4.78, 5) is 0. The standard InChI is InChI=1S/C10H19NS/c1-2-3-4-6-9-7-5-8-10(11)12-9/h9,11H,2-8H2,1H3. The van der Waals surface area contributed by atoms with E-state index in [0.29, 0.717) is 0 Å². The summed E-state index contributed by atoms with van der Waals surface area (Å²) in [6.07, 6.45) is 9.01. The molecule has 0 aromatic carbocycles. The van der Waals surface area contributed by atoms with Crippen molar-refractivity contribution in [3.63, 3.8) is 0 Å². The second kappa shape index (κ2) is 5.63. The van der Waals surface area contributed by atoms with Crippen LogP contribution in [0.5, 0.6) is 0 Å². The van der Waals surface area contributed by atoms with Gasteiger partial charge in [0.15, 0.2) is 0 Å². The van der Waals surface area contributed by atoms with Gasteiger partial charge in [-0.1, -0.05) is 26.2 Å². The molecule has 1 atom stereocenters. The quantitative estimate of drug-likeness (QED) is 0.661. The molecule has 1 saturated heterocycles. The number of hydrogen-bond donors (Lipinski definition) is 1. The Hall–Kier alpha value is 0.0200. The lowest BCUT2D eigenvalue weighted by molar-refractivity contribution is 0.604. The summed E-state index contributed by atoms with van der Waals surface area (Å²) < 4.78 is 0. The van der Waals surface area contributed by atoms with Crippen LogP contribution in [0.15, 0.2) is 0 Å². The Kier molecular flexibility index (Phi) is 4.74. The highest BCUT2D eigenvalue weighted by molar-refractivity contribution is 8.14. The van der Waals surface area contributed by atoms with E-state index < -0.39 is 0 Å². The lowest BCUT2D eigenvalue weighted by atomic mass is 10.1. The molecule has 12 heavy (non-hydrogen) atoms. The van der Waals surface area contributed by atoms with Gasteiger partial charge in [-0.3, -0.25) is 5.41 Å². The van der Waals surface area contributed by atoms with Gasteiger partial charge in [0.25, 0.3) is 0 Å². The molecule has 1 rings (SSSR count).